The van der Waals surface area contributed by atoms with Crippen molar-refractivity contribution in [2.45, 2.75) is 33.2 Å². The number of carbonyl (C=O) groups is 1. The van der Waals surface area contributed by atoms with Gasteiger partial charge in [0.1, 0.15) is 0 Å². The van der Waals surface area contributed by atoms with E-state index >= 15 is 0 Å². The highest BCUT2D eigenvalue weighted by molar-refractivity contribution is 7.17. The molecule has 4 heteroatoms. The summed E-state index contributed by atoms with van der Waals surface area (Å²) in [5, 5.41) is 0.913. The van der Waals surface area contributed by atoms with E-state index < -0.39 is 0 Å². The highest BCUT2D eigenvalue weighted by atomic mass is 32.1. The average Bonchev–Trinajstić information content (AvgIpc) is 2.85. The third kappa shape index (κ3) is 3.45. The summed E-state index contributed by atoms with van der Waals surface area (Å²) < 4.78 is 0. The summed E-state index contributed by atoms with van der Waals surface area (Å²) >= 11 is 1.48. The second kappa shape index (κ2) is 6.66. The number of hydrogen-bond donors (Lipinski definition) is 0. The van der Waals surface area contributed by atoms with Gasteiger partial charge in [0, 0.05) is 13.6 Å². The van der Waals surface area contributed by atoms with Crippen LogP contribution in [0.5, 0.6) is 0 Å². The van der Waals surface area contributed by atoms with Gasteiger partial charge in [0.25, 0.3) is 0 Å². The fraction of sp³-hybridized carbons (Fsp3) is 0.375. The summed E-state index contributed by atoms with van der Waals surface area (Å²) in [5.41, 5.74) is 3.44. The highest BCUT2D eigenvalue weighted by Gasteiger charge is 2.13. The Morgan fingerprint density at radius 1 is 1.30 bits per heavy atom. The van der Waals surface area contributed by atoms with Gasteiger partial charge in [0.05, 0.1) is 10.6 Å². The average molecular weight is 288 g/mol. The predicted octanol–water partition coefficient (Wildman–Crippen LogP) is 3.85. The third-order valence-electron chi connectivity index (χ3n) is 3.18. The molecule has 20 heavy (non-hydrogen) atoms. The summed E-state index contributed by atoms with van der Waals surface area (Å²) in [6, 6.07) is 8.49. The van der Waals surface area contributed by atoms with Gasteiger partial charge in [-0.25, -0.2) is 4.98 Å². The zero-order valence-corrected chi connectivity index (χ0v) is 13.0. The van der Waals surface area contributed by atoms with Gasteiger partial charge in [-0.1, -0.05) is 54.5 Å². The minimum Gasteiger partial charge on any atom is -0.347 e. The van der Waals surface area contributed by atoms with E-state index in [0.29, 0.717) is 0 Å². The van der Waals surface area contributed by atoms with Crippen molar-refractivity contribution in [1.82, 2.24) is 4.98 Å². The van der Waals surface area contributed by atoms with Gasteiger partial charge in [0.15, 0.2) is 11.4 Å². The number of aldehydes is 1. The minimum absolute atomic E-state index is 0.762. The normalized spacial score (nSPS) is 10.6. The molecule has 0 saturated carbocycles. The van der Waals surface area contributed by atoms with Crippen LogP contribution in [0, 0.1) is 6.92 Å². The fourth-order valence-corrected chi connectivity index (χ4v) is 2.94. The Morgan fingerprint density at radius 3 is 2.60 bits per heavy atom. The van der Waals surface area contributed by atoms with Gasteiger partial charge in [-0.05, 0) is 18.9 Å². The first kappa shape index (κ1) is 14.7. The van der Waals surface area contributed by atoms with E-state index in [0.717, 1.165) is 41.4 Å². The first-order valence-corrected chi connectivity index (χ1v) is 7.67. The summed E-state index contributed by atoms with van der Waals surface area (Å²) in [6.07, 6.45) is 2.79. The van der Waals surface area contributed by atoms with Gasteiger partial charge < -0.3 is 4.90 Å². The van der Waals surface area contributed by atoms with Crippen LogP contribution in [-0.2, 0) is 13.0 Å². The maximum atomic E-state index is 11.1. The van der Waals surface area contributed by atoms with E-state index in [1.807, 2.05) is 7.05 Å². The van der Waals surface area contributed by atoms with Crippen LogP contribution in [0.4, 0.5) is 5.13 Å². The van der Waals surface area contributed by atoms with Crippen LogP contribution in [0.25, 0.3) is 0 Å². The molecule has 0 spiro atoms. The summed E-state index contributed by atoms with van der Waals surface area (Å²) in [4.78, 5) is 18.5. The zero-order chi connectivity index (χ0) is 14.5. The number of aromatic nitrogens is 1. The van der Waals surface area contributed by atoms with Crippen molar-refractivity contribution in [2.24, 2.45) is 0 Å². The minimum atomic E-state index is 0.762. The van der Waals surface area contributed by atoms with Gasteiger partial charge in [0.2, 0.25) is 0 Å². The molecular weight excluding hydrogens is 268 g/mol. The van der Waals surface area contributed by atoms with Gasteiger partial charge in [-0.15, -0.1) is 0 Å². The van der Waals surface area contributed by atoms with Crippen molar-refractivity contribution < 1.29 is 4.79 Å². The Morgan fingerprint density at radius 2 is 2.00 bits per heavy atom. The van der Waals surface area contributed by atoms with Crippen molar-refractivity contribution in [1.29, 1.82) is 0 Å². The quantitative estimate of drug-likeness (QED) is 0.757. The van der Waals surface area contributed by atoms with Crippen LogP contribution in [0.15, 0.2) is 24.3 Å². The molecule has 0 aliphatic heterocycles. The van der Waals surface area contributed by atoms with Gasteiger partial charge in [-0.3, -0.25) is 4.79 Å². The molecule has 0 bridgehead atoms. The molecule has 0 aliphatic carbocycles. The lowest BCUT2D eigenvalue weighted by Gasteiger charge is -2.15. The molecule has 0 radical (unpaired) electrons. The van der Waals surface area contributed by atoms with Crippen molar-refractivity contribution in [3.05, 3.63) is 46.0 Å². The van der Waals surface area contributed by atoms with Crippen LogP contribution < -0.4 is 4.90 Å². The molecule has 1 aromatic heterocycles. The second-order valence-electron chi connectivity index (χ2n) is 5.02. The number of hydrogen-bond acceptors (Lipinski definition) is 4. The molecule has 1 aromatic carbocycles. The molecule has 3 nitrogen and oxygen atoms in total. The van der Waals surface area contributed by atoms with Crippen molar-refractivity contribution in [3.63, 3.8) is 0 Å². The number of thiazole rings is 1. The van der Waals surface area contributed by atoms with Gasteiger partial charge in [-0.2, -0.15) is 0 Å². The molecular formula is C16H20N2OS. The maximum absolute atomic E-state index is 11.1. The van der Waals surface area contributed by atoms with E-state index in [1.165, 1.54) is 22.5 Å². The van der Waals surface area contributed by atoms with Crippen LogP contribution in [0.3, 0.4) is 0 Å². The zero-order valence-electron chi connectivity index (χ0n) is 12.2. The predicted molar refractivity (Wildman–Crippen MR) is 84.8 cm³/mol. The molecule has 0 amide bonds. The standard InChI is InChI=1S/C16H20N2OS/c1-4-5-14-15(11-19)20-16(17-14)18(3)10-13-8-6-12(2)7-9-13/h6-9,11H,4-5,10H2,1-3H3. The smallest absolute Gasteiger partial charge is 0.186 e. The van der Waals surface area contributed by atoms with Gasteiger partial charge >= 0.3 is 0 Å². The first-order chi connectivity index (χ1) is 9.63. The summed E-state index contributed by atoms with van der Waals surface area (Å²) in [7, 11) is 2.02. The monoisotopic (exact) mass is 288 g/mol. The second-order valence-corrected chi connectivity index (χ2v) is 6.03. The van der Waals surface area contributed by atoms with Crippen LogP contribution in [0.1, 0.15) is 39.8 Å². The number of anilines is 1. The van der Waals surface area contributed by atoms with Crippen LogP contribution >= 0.6 is 11.3 Å². The summed E-state index contributed by atoms with van der Waals surface area (Å²) in [5.74, 6) is 0. The van der Waals surface area contributed by atoms with Crippen LogP contribution in [-0.4, -0.2) is 18.3 Å². The molecule has 1 heterocycles. The molecule has 2 aromatic rings. The van der Waals surface area contributed by atoms with E-state index in [-0.39, 0.29) is 0 Å². The Hall–Kier alpha value is -1.68. The lowest BCUT2D eigenvalue weighted by atomic mass is 10.1. The Kier molecular flexibility index (Phi) is 4.90. The topological polar surface area (TPSA) is 33.2 Å². The highest BCUT2D eigenvalue weighted by Crippen LogP contribution is 2.26. The van der Waals surface area contributed by atoms with Crippen LogP contribution in [0.2, 0.25) is 0 Å². The molecule has 0 N–H and O–H groups in total. The lowest BCUT2D eigenvalue weighted by Crippen LogP contribution is -2.16. The maximum Gasteiger partial charge on any atom is 0.186 e. The molecule has 106 valence electrons. The van der Waals surface area contributed by atoms with E-state index in [9.17, 15) is 4.79 Å². The lowest BCUT2D eigenvalue weighted by molar-refractivity contribution is 0.112. The SMILES string of the molecule is CCCc1nc(N(C)Cc2ccc(C)cc2)sc1C=O. The van der Waals surface area contributed by atoms with Crippen molar-refractivity contribution in [3.8, 4) is 0 Å². The Bertz CT molecular complexity index is 575. The summed E-state index contributed by atoms with van der Waals surface area (Å²) in [6.45, 7) is 4.99. The molecule has 0 atom stereocenters. The van der Waals surface area contributed by atoms with E-state index in [4.69, 9.17) is 0 Å². The number of benzene rings is 1. The number of aryl methyl sites for hydroxylation is 2. The van der Waals surface area contributed by atoms with E-state index in [1.54, 1.807) is 0 Å². The fourth-order valence-electron chi connectivity index (χ4n) is 2.06. The third-order valence-corrected chi connectivity index (χ3v) is 4.31. The number of carbonyl (C=O) groups excluding carboxylic acids is 1. The Balaban J connectivity index is 2.14. The molecule has 0 aliphatic rings. The van der Waals surface area contributed by atoms with Crippen molar-refractivity contribution >= 4 is 22.8 Å². The molecule has 0 unspecified atom stereocenters. The first-order valence-electron chi connectivity index (χ1n) is 6.85. The van der Waals surface area contributed by atoms with Crippen molar-refractivity contribution in [2.75, 3.05) is 11.9 Å². The molecule has 2 rings (SSSR count). The Labute approximate surface area is 124 Å². The molecule has 0 saturated heterocycles. The molecule has 0 fully saturated rings. The number of rotatable bonds is 6. The number of nitrogens with zero attached hydrogens (tertiary/aromatic N) is 2. The van der Waals surface area contributed by atoms with E-state index in [2.05, 4.69) is 48.0 Å². The largest absolute Gasteiger partial charge is 0.347 e.